The molecule has 1 aliphatic carbocycles. The zero-order chi connectivity index (χ0) is 17.6. The Balaban J connectivity index is 1.91. The van der Waals surface area contributed by atoms with E-state index in [2.05, 4.69) is 63.5 Å². The van der Waals surface area contributed by atoms with Gasteiger partial charge in [-0.25, -0.2) is 13.1 Å². The molecule has 1 saturated carbocycles. The molecule has 1 aliphatic rings. The molecule has 3 rings (SSSR count). The van der Waals surface area contributed by atoms with Crippen LogP contribution in [0.5, 0.6) is 0 Å². The van der Waals surface area contributed by atoms with E-state index in [1.165, 1.54) is 16.5 Å². The number of fused-ring (bicyclic) bond motifs is 1. The molecular formula is C18H25BrN2O2S. The number of aromatic nitrogens is 1. The van der Waals surface area contributed by atoms with Crippen LogP contribution in [-0.2, 0) is 16.6 Å². The van der Waals surface area contributed by atoms with Crippen molar-refractivity contribution in [2.24, 2.45) is 5.92 Å². The van der Waals surface area contributed by atoms with Crippen LogP contribution in [0.25, 0.3) is 10.9 Å². The standard InChI is InChI=1S/C18H25BrN2O2S/c1-11(2)9-21-10-16(14-6-5-13(19)7-18(14)21)15-8-17(15)20-24(22,23)12(3)4/h5-7,10-12,15,17,20H,8-9H2,1-4H3/t15-,17+/m0/s1. The Hall–Kier alpha value is -0.850. The van der Waals surface area contributed by atoms with E-state index < -0.39 is 15.3 Å². The van der Waals surface area contributed by atoms with Crippen LogP contribution in [-0.4, -0.2) is 24.3 Å². The molecule has 0 unspecified atom stereocenters. The Labute approximate surface area is 152 Å². The van der Waals surface area contributed by atoms with E-state index in [0.29, 0.717) is 5.92 Å². The number of halogens is 1. The maximum Gasteiger partial charge on any atom is 0.214 e. The molecule has 0 spiro atoms. The van der Waals surface area contributed by atoms with Crippen LogP contribution in [0.15, 0.2) is 28.9 Å². The second-order valence-corrected chi connectivity index (χ2v) is 10.6. The van der Waals surface area contributed by atoms with Gasteiger partial charge in [0.2, 0.25) is 10.0 Å². The maximum absolute atomic E-state index is 12.1. The second kappa shape index (κ2) is 6.46. The molecule has 4 nitrogen and oxygen atoms in total. The van der Waals surface area contributed by atoms with Gasteiger partial charge in [-0.1, -0.05) is 35.8 Å². The van der Waals surface area contributed by atoms with E-state index in [0.717, 1.165) is 17.4 Å². The fourth-order valence-electron chi connectivity index (χ4n) is 3.15. The fraction of sp³-hybridized carbons (Fsp3) is 0.556. The minimum atomic E-state index is -3.21. The largest absolute Gasteiger partial charge is 0.347 e. The van der Waals surface area contributed by atoms with E-state index in [1.807, 2.05) is 0 Å². The highest BCUT2D eigenvalue weighted by atomic mass is 79.9. The third-order valence-corrected chi connectivity index (χ3v) is 6.93. The van der Waals surface area contributed by atoms with Crippen molar-refractivity contribution in [2.45, 2.75) is 57.9 Å². The van der Waals surface area contributed by atoms with Gasteiger partial charge in [0, 0.05) is 40.1 Å². The van der Waals surface area contributed by atoms with Crippen molar-refractivity contribution >= 4 is 36.9 Å². The summed E-state index contributed by atoms with van der Waals surface area (Å²) < 4.78 is 30.4. The summed E-state index contributed by atoms with van der Waals surface area (Å²) in [5.41, 5.74) is 2.47. The molecule has 0 bridgehead atoms. The number of nitrogens with one attached hydrogen (secondary N) is 1. The highest BCUT2D eigenvalue weighted by Crippen LogP contribution is 2.45. The Morgan fingerprint density at radius 2 is 2.00 bits per heavy atom. The quantitative estimate of drug-likeness (QED) is 0.770. The molecule has 1 heterocycles. The third-order valence-electron chi connectivity index (χ3n) is 4.56. The molecule has 1 fully saturated rings. The number of sulfonamides is 1. The summed E-state index contributed by atoms with van der Waals surface area (Å²) in [6.07, 6.45) is 3.09. The van der Waals surface area contributed by atoms with Crippen LogP contribution < -0.4 is 4.72 Å². The van der Waals surface area contributed by atoms with Gasteiger partial charge in [-0.2, -0.15) is 0 Å². The molecule has 2 aromatic rings. The molecule has 0 amide bonds. The lowest BCUT2D eigenvalue weighted by molar-refractivity contribution is 0.534. The van der Waals surface area contributed by atoms with Gasteiger partial charge in [0.25, 0.3) is 0 Å². The molecule has 1 N–H and O–H groups in total. The predicted molar refractivity (Wildman–Crippen MR) is 103 cm³/mol. The lowest BCUT2D eigenvalue weighted by Crippen LogP contribution is -2.33. The Morgan fingerprint density at radius 3 is 2.62 bits per heavy atom. The number of nitrogens with zero attached hydrogens (tertiary/aromatic N) is 1. The average Bonchev–Trinajstić information content (AvgIpc) is 3.12. The monoisotopic (exact) mass is 412 g/mol. The first-order valence-corrected chi connectivity index (χ1v) is 10.8. The summed E-state index contributed by atoms with van der Waals surface area (Å²) in [6, 6.07) is 6.37. The van der Waals surface area contributed by atoms with Gasteiger partial charge in [-0.05, 0) is 43.9 Å². The van der Waals surface area contributed by atoms with Crippen LogP contribution in [0.2, 0.25) is 0 Å². The normalized spacial score (nSPS) is 21.1. The highest BCUT2D eigenvalue weighted by Gasteiger charge is 2.43. The zero-order valence-electron chi connectivity index (χ0n) is 14.6. The first-order chi connectivity index (χ1) is 11.2. The van der Waals surface area contributed by atoms with Gasteiger partial charge in [-0.3, -0.25) is 0 Å². The van der Waals surface area contributed by atoms with Crippen LogP contribution in [0.1, 0.15) is 45.6 Å². The molecular weight excluding hydrogens is 388 g/mol. The summed E-state index contributed by atoms with van der Waals surface area (Å²) in [4.78, 5) is 0. The number of hydrogen-bond donors (Lipinski definition) is 1. The van der Waals surface area contributed by atoms with Crippen LogP contribution in [0, 0.1) is 5.92 Å². The minimum Gasteiger partial charge on any atom is -0.347 e. The minimum absolute atomic E-state index is 0.0270. The van der Waals surface area contributed by atoms with Crippen molar-refractivity contribution in [2.75, 3.05) is 0 Å². The number of rotatable bonds is 6. The average molecular weight is 413 g/mol. The van der Waals surface area contributed by atoms with Gasteiger partial charge in [-0.15, -0.1) is 0 Å². The molecule has 0 saturated heterocycles. The molecule has 0 radical (unpaired) electrons. The van der Waals surface area contributed by atoms with E-state index in [4.69, 9.17) is 0 Å². The van der Waals surface area contributed by atoms with Crippen molar-refractivity contribution in [1.82, 2.24) is 9.29 Å². The SMILES string of the molecule is CC(C)Cn1cc([C@@H]2C[C@H]2NS(=O)(=O)C(C)C)c2ccc(Br)cc21. The Kier molecular flexibility index (Phi) is 4.84. The van der Waals surface area contributed by atoms with Gasteiger partial charge in [0.15, 0.2) is 0 Å². The lowest BCUT2D eigenvalue weighted by Gasteiger charge is -2.09. The van der Waals surface area contributed by atoms with Crippen molar-refractivity contribution < 1.29 is 8.42 Å². The summed E-state index contributed by atoms with van der Waals surface area (Å²) in [7, 11) is -3.21. The second-order valence-electron chi connectivity index (χ2n) is 7.45. The van der Waals surface area contributed by atoms with Crippen LogP contribution >= 0.6 is 15.9 Å². The fourth-order valence-corrected chi connectivity index (χ4v) is 4.45. The number of hydrogen-bond acceptors (Lipinski definition) is 2. The first-order valence-electron chi connectivity index (χ1n) is 8.48. The first kappa shape index (κ1) is 18.0. The van der Waals surface area contributed by atoms with Crippen LogP contribution in [0.3, 0.4) is 0 Å². The Morgan fingerprint density at radius 1 is 1.29 bits per heavy atom. The van der Waals surface area contributed by atoms with Crippen molar-refractivity contribution in [3.8, 4) is 0 Å². The van der Waals surface area contributed by atoms with Gasteiger partial charge in [0.05, 0.1) is 5.25 Å². The Bertz CT molecular complexity index is 855. The smallest absolute Gasteiger partial charge is 0.214 e. The molecule has 132 valence electrons. The zero-order valence-corrected chi connectivity index (χ0v) is 17.0. The van der Waals surface area contributed by atoms with Crippen LogP contribution in [0.4, 0.5) is 0 Å². The van der Waals surface area contributed by atoms with Crippen molar-refractivity contribution in [3.05, 3.63) is 34.4 Å². The summed E-state index contributed by atoms with van der Waals surface area (Å²) in [6.45, 7) is 8.81. The van der Waals surface area contributed by atoms with Gasteiger partial charge >= 0.3 is 0 Å². The summed E-state index contributed by atoms with van der Waals surface area (Å²) >= 11 is 3.56. The molecule has 1 aromatic heterocycles. The van der Waals surface area contributed by atoms with E-state index >= 15 is 0 Å². The van der Waals surface area contributed by atoms with E-state index in [1.54, 1.807) is 13.8 Å². The predicted octanol–water partition coefficient (Wildman–Crippen LogP) is 4.24. The summed E-state index contributed by atoms with van der Waals surface area (Å²) in [5, 5.41) is 0.840. The van der Waals surface area contributed by atoms with Crippen molar-refractivity contribution in [1.29, 1.82) is 0 Å². The van der Waals surface area contributed by atoms with Gasteiger partial charge in [0.1, 0.15) is 0 Å². The number of benzene rings is 1. The molecule has 24 heavy (non-hydrogen) atoms. The van der Waals surface area contributed by atoms with Crippen molar-refractivity contribution in [3.63, 3.8) is 0 Å². The maximum atomic E-state index is 12.1. The molecule has 0 aliphatic heterocycles. The molecule has 6 heteroatoms. The van der Waals surface area contributed by atoms with E-state index in [-0.39, 0.29) is 12.0 Å². The van der Waals surface area contributed by atoms with Gasteiger partial charge < -0.3 is 4.57 Å². The molecule has 1 aromatic carbocycles. The lowest BCUT2D eigenvalue weighted by atomic mass is 10.1. The summed E-state index contributed by atoms with van der Waals surface area (Å²) in [5.74, 6) is 0.831. The van der Waals surface area contributed by atoms with E-state index in [9.17, 15) is 8.42 Å². The third kappa shape index (κ3) is 3.55. The molecule has 2 atom stereocenters. The topological polar surface area (TPSA) is 51.1 Å². The highest BCUT2D eigenvalue weighted by molar-refractivity contribution is 9.10.